The van der Waals surface area contributed by atoms with Gasteiger partial charge in [0.15, 0.2) is 0 Å². The number of hydrogen-bond acceptors (Lipinski definition) is 6. The Balaban J connectivity index is 1.44. The van der Waals surface area contributed by atoms with E-state index in [1.54, 1.807) is 29.3 Å². The number of aryl methyl sites for hydroxylation is 1. The van der Waals surface area contributed by atoms with Gasteiger partial charge in [0, 0.05) is 53.7 Å². The fourth-order valence-corrected chi connectivity index (χ4v) is 8.29. The maximum Gasteiger partial charge on any atom is 0.253 e. The first-order valence-electron chi connectivity index (χ1n) is 12.5. The number of nitrogens with one attached hydrogen (secondary N) is 1. The van der Waals surface area contributed by atoms with Crippen LogP contribution in [0.1, 0.15) is 13.3 Å². The number of anilines is 1. The first-order valence-corrected chi connectivity index (χ1v) is 16.2. The van der Waals surface area contributed by atoms with E-state index in [9.17, 15) is 13.2 Å². The van der Waals surface area contributed by atoms with Gasteiger partial charge in [-0.15, -0.1) is 11.3 Å². The number of carbonyl (C=O) groups excluding carboxylic acids is 1. The molecule has 0 unspecified atom stereocenters. The summed E-state index contributed by atoms with van der Waals surface area (Å²) in [6.45, 7) is 5.10. The lowest BCUT2D eigenvalue weighted by atomic mass is 10.1. The van der Waals surface area contributed by atoms with Crippen LogP contribution in [0.3, 0.4) is 0 Å². The lowest BCUT2D eigenvalue weighted by molar-refractivity contribution is -0.121. The van der Waals surface area contributed by atoms with Gasteiger partial charge < -0.3 is 9.88 Å². The van der Waals surface area contributed by atoms with Gasteiger partial charge in [-0.05, 0) is 67.6 Å². The van der Waals surface area contributed by atoms with Crippen LogP contribution in [0.15, 0.2) is 64.2 Å². The Bertz CT molecular complexity index is 1500. The smallest absolute Gasteiger partial charge is 0.253 e. The fraction of sp³-hybridized carbons (Fsp3) is 0.370. The summed E-state index contributed by atoms with van der Waals surface area (Å²) in [7, 11) is -3.76. The molecule has 1 aliphatic heterocycles. The summed E-state index contributed by atoms with van der Waals surface area (Å²) in [5.74, 6) is 0.740. The van der Waals surface area contributed by atoms with Crippen LogP contribution >= 0.6 is 23.1 Å². The number of piperazine rings is 1. The summed E-state index contributed by atoms with van der Waals surface area (Å²) in [5, 5.41) is 7.01. The second-order valence-corrected chi connectivity index (χ2v) is 13.2. The maximum atomic E-state index is 13.7. The molecule has 7 nitrogen and oxygen atoms in total. The lowest BCUT2D eigenvalue weighted by Gasteiger charge is -2.39. The standard InChI is InChI=1S/C27H32N4O3S3/c1-3-30-23-9-5-4-8-21(23)22-18-20(11-12-24(22)30)28-27(32)25-19-29(13-7-16-35-2)14-15-31(25)37(33,34)26-10-6-17-36-26/h4-6,8-12,17-18,25H,3,7,13-16,19H2,1-2H3,(H,28,32)/t25-/m0/s1. The fourth-order valence-electron chi connectivity index (χ4n) is 5.18. The van der Waals surface area contributed by atoms with E-state index in [4.69, 9.17) is 0 Å². The molecule has 196 valence electrons. The van der Waals surface area contributed by atoms with Crippen LogP contribution in [-0.2, 0) is 21.4 Å². The molecule has 0 aliphatic carbocycles. The Morgan fingerprint density at radius 1 is 1.08 bits per heavy atom. The third-order valence-electron chi connectivity index (χ3n) is 6.96. The van der Waals surface area contributed by atoms with Crippen molar-refractivity contribution in [3.05, 3.63) is 60.0 Å². The average molecular weight is 557 g/mol. The first-order chi connectivity index (χ1) is 17.9. The van der Waals surface area contributed by atoms with Crippen LogP contribution in [0.2, 0.25) is 0 Å². The minimum absolute atomic E-state index is 0.273. The zero-order valence-electron chi connectivity index (χ0n) is 21.1. The Morgan fingerprint density at radius 3 is 2.65 bits per heavy atom. The zero-order valence-corrected chi connectivity index (χ0v) is 23.5. The van der Waals surface area contributed by atoms with Gasteiger partial charge in [-0.25, -0.2) is 8.42 Å². The molecule has 0 saturated carbocycles. The van der Waals surface area contributed by atoms with E-state index in [0.29, 0.717) is 25.3 Å². The largest absolute Gasteiger partial charge is 0.341 e. The molecule has 0 radical (unpaired) electrons. The molecule has 37 heavy (non-hydrogen) atoms. The number of nitrogens with zero attached hydrogens (tertiary/aromatic N) is 3. The van der Waals surface area contributed by atoms with Gasteiger partial charge in [-0.2, -0.15) is 16.1 Å². The minimum Gasteiger partial charge on any atom is -0.341 e. The van der Waals surface area contributed by atoms with Crippen molar-refractivity contribution in [2.45, 2.75) is 30.1 Å². The van der Waals surface area contributed by atoms with Crippen LogP contribution in [0.5, 0.6) is 0 Å². The van der Waals surface area contributed by atoms with Crippen molar-refractivity contribution < 1.29 is 13.2 Å². The van der Waals surface area contributed by atoms with Crippen molar-refractivity contribution in [1.82, 2.24) is 13.8 Å². The van der Waals surface area contributed by atoms with Crippen LogP contribution in [0, 0.1) is 0 Å². The normalized spacial score (nSPS) is 17.5. The highest BCUT2D eigenvalue weighted by Gasteiger charge is 2.40. The van der Waals surface area contributed by atoms with Crippen molar-refractivity contribution >= 4 is 66.5 Å². The number of hydrogen-bond donors (Lipinski definition) is 1. The highest BCUT2D eigenvalue weighted by molar-refractivity contribution is 7.98. The summed E-state index contributed by atoms with van der Waals surface area (Å²) in [4.78, 5) is 15.9. The molecule has 2 aromatic heterocycles. The van der Waals surface area contributed by atoms with Gasteiger partial charge in [0.05, 0.1) is 0 Å². The molecule has 1 saturated heterocycles. The third kappa shape index (κ3) is 5.18. The van der Waals surface area contributed by atoms with E-state index < -0.39 is 16.1 Å². The number of benzene rings is 2. The number of sulfonamides is 1. The van der Waals surface area contributed by atoms with E-state index in [0.717, 1.165) is 47.1 Å². The van der Waals surface area contributed by atoms with Crippen LogP contribution < -0.4 is 5.32 Å². The monoisotopic (exact) mass is 556 g/mol. The number of fused-ring (bicyclic) bond motifs is 3. The zero-order chi connectivity index (χ0) is 26.0. The molecule has 1 amide bonds. The molecular weight excluding hydrogens is 525 g/mol. The van der Waals surface area contributed by atoms with Gasteiger partial charge >= 0.3 is 0 Å². The van der Waals surface area contributed by atoms with Gasteiger partial charge in [-0.3, -0.25) is 9.69 Å². The molecule has 1 aliphatic rings. The molecule has 4 aromatic rings. The number of thiophene rings is 1. The van der Waals surface area contributed by atoms with Crippen molar-refractivity contribution in [3.8, 4) is 0 Å². The highest BCUT2D eigenvalue weighted by Crippen LogP contribution is 2.31. The Morgan fingerprint density at radius 2 is 1.89 bits per heavy atom. The number of amides is 1. The molecule has 1 atom stereocenters. The van der Waals surface area contributed by atoms with E-state index in [1.807, 2.05) is 30.3 Å². The summed E-state index contributed by atoms with van der Waals surface area (Å²) < 4.78 is 30.9. The predicted octanol–water partition coefficient (Wildman–Crippen LogP) is 4.94. The molecule has 0 bridgehead atoms. The quantitative estimate of drug-likeness (QED) is 0.296. The molecular formula is C27H32N4O3S3. The minimum atomic E-state index is -3.76. The molecule has 0 spiro atoms. The van der Waals surface area contributed by atoms with Crippen molar-refractivity contribution in [2.75, 3.05) is 43.5 Å². The van der Waals surface area contributed by atoms with Crippen molar-refractivity contribution in [1.29, 1.82) is 0 Å². The Kier molecular flexibility index (Phi) is 7.92. The van der Waals surface area contributed by atoms with E-state index in [2.05, 4.69) is 40.1 Å². The third-order valence-corrected chi connectivity index (χ3v) is 10.9. The second kappa shape index (κ2) is 11.2. The number of aromatic nitrogens is 1. The van der Waals surface area contributed by atoms with Gasteiger partial charge in [0.1, 0.15) is 10.3 Å². The summed E-state index contributed by atoms with van der Waals surface area (Å²) in [6, 6.07) is 16.7. The van der Waals surface area contributed by atoms with E-state index in [-0.39, 0.29) is 10.1 Å². The molecule has 5 rings (SSSR count). The first kappa shape index (κ1) is 26.2. The average Bonchev–Trinajstić information content (AvgIpc) is 3.56. The van der Waals surface area contributed by atoms with Crippen LogP contribution in [0.25, 0.3) is 21.8 Å². The number of carbonyl (C=O) groups is 1. The molecule has 3 heterocycles. The Labute approximate surface area is 226 Å². The molecule has 1 N–H and O–H groups in total. The van der Waals surface area contributed by atoms with Crippen LogP contribution in [-0.4, -0.2) is 72.3 Å². The number of thioether (sulfide) groups is 1. The maximum absolute atomic E-state index is 13.7. The predicted molar refractivity (Wildman–Crippen MR) is 155 cm³/mol. The summed E-state index contributed by atoms with van der Waals surface area (Å²) >= 11 is 2.98. The van der Waals surface area contributed by atoms with E-state index in [1.165, 1.54) is 15.6 Å². The van der Waals surface area contributed by atoms with Crippen LogP contribution in [0.4, 0.5) is 5.69 Å². The highest BCUT2D eigenvalue weighted by atomic mass is 32.2. The van der Waals surface area contributed by atoms with Crippen molar-refractivity contribution in [2.24, 2.45) is 0 Å². The lowest BCUT2D eigenvalue weighted by Crippen LogP contribution is -2.59. The number of rotatable bonds is 9. The summed E-state index contributed by atoms with van der Waals surface area (Å²) in [6.07, 6.45) is 3.09. The SMILES string of the molecule is CCn1c2ccccc2c2cc(NC(=O)[C@@H]3CN(CCCSC)CCN3S(=O)(=O)c3cccs3)ccc21. The van der Waals surface area contributed by atoms with Crippen molar-refractivity contribution in [3.63, 3.8) is 0 Å². The van der Waals surface area contributed by atoms with Gasteiger partial charge in [-0.1, -0.05) is 24.3 Å². The Hall–Kier alpha value is -2.37. The topological polar surface area (TPSA) is 74.7 Å². The summed E-state index contributed by atoms with van der Waals surface area (Å²) in [5.41, 5.74) is 2.94. The van der Waals surface area contributed by atoms with Gasteiger partial charge in [0.25, 0.3) is 10.0 Å². The van der Waals surface area contributed by atoms with E-state index >= 15 is 0 Å². The molecule has 1 fully saturated rings. The number of para-hydroxylation sites is 1. The second-order valence-electron chi connectivity index (χ2n) is 9.19. The molecule has 2 aromatic carbocycles. The van der Waals surface area contributed by atoms with Gasteiger partial charge in [0.2, 0.25) is 5.91 Å². The molecule has 10 heteroatoms.